The van der Waals surface area contributed by atoms with Crippen LogP contribution in [0.1, 0.15) is 34.9 Å². The number of amides is 3. The van der Waals surface area contributed by atoms with Crippen LogP contribution in [-0.4, -0.2) is 28.5 Å². The van der Waals surface area contributed by atoms with Gasteiger partial charge in [-0.1, -0.05) is 30.3 Å². The fraction of sp³-hybridized carbons (Fsp3) is 0.250. The molecule has 1 aliphatic heterocycles. The molecule has 1 fully saturated rings. The van der Waals surface area contributed by atoms with Gasteiger partial charge in [0.2, 0.25) is 5.91 Å². The van der Waals surface area contributed by atoms with Gasteiger partial charge in [0.05, 0.1) is 10.9 Å². The van der Waals surface area contributed by atoms with E-state index in [2.05, 4.69) is 11.4 Å². The third-order valence-corrected chi connectivity index (χ3v) is 6.42. The number of aryl methyl sites for hydroxylation is 1. The number of thiophene rings is 1. The Kier molecular flexibility index (Phi) is 5.13. The molecular weight excluding hydrogens is 380 g/mol. The van der Waals surface area contributed by atoms with Crippen LogP contribution in [0, 0.1) is 0 Å². The van der Waals surface area contributed by atoms with E-state index in [1.807, 2.05) is 35.7 Å². The molecule has 7 heteroatoms. The largest absolute Gasteiger partial charge is 0.348 e. The van der Waals surface area contributed by atoms with E-state index in [1.54, 1.807) is 6.08 Å². The highest BCUT2D eigenvalue weighted by Gasteiger charge is 2.36. The maximum atomic E-state index is 12.5. The summed E-state index contributed by atoms with van der Waals surface area (Å²) in [6, 6.07) is 11.8. The van der Waals surface area contributed by atoms with Crippen molar-refractivity contribution in [2.45, 2.75) is 25.3 Å². The topological polar surface area (TPSA) is 66.5 Å². The molecule has 3 amide bonds. The van der Waals surface area contributed by atoms with Crippen LogP contribution < -0.4 is 5.32 Å². The average Bonchev–Trinajstić information content (AvgIpc) is 3.26. The van der Waals surface area contributed by atoms with Gasteiger partial charge in [0.25, 0.3) is 11.1 Å². The number of nitrogens with zero attached hydrogens (tertiary/aromatic N) is 1. The second kappa shape index (κ2) is 7.70. The number of benzene rings is 1. The van der Waals surface area contributed by atoms with E-state index in [-0.39, 0.29) is 18.5 Å². The van der Waals surface area contributed by atoms with Crippen LogP contribution in [0.3, 0.4) is 0 Å². The van der Waals surface area contributed by atoms with Crippen molar-refractivity contribution in [1.29, 1.82) is 0 Å². The molecule has 2 heterocycles. The Morgan fingerprint density at radius 2 is 2.07 bits per heavy atom. The molecule has 4 rings (SSSR count). The zero-order valence-electron chi connectivity index (χ0n) is 14.5. The first-order valence-electron chi connectivity index (χ1n) is 8.78. The van der Waals surface area contributed by atoms with Crippen molar-refractivity contribution in [3.63, 3.8) is 0 Å². The van der Waals surface area contributed by atoms with E-state index in [4.69, 9.17) is 0 Å². The number of rotatable bonds is 4. The lowest BCUT2D eigenvalue weighted by atomic mass is 9.88. The van der Waals surface area contributed by atoms with Crippen LogP contribution in [-0.2, 0) is 16.0 Å². The lowest BCUT2D eigenvalue weighted by molar-refractivity contribution is -0.129. The first-order valence-corrected chi connectivity index (χ1v) is 10.5. The van der Waals surface area contributed by atoms with Crippen LogP contribution in [0.2, 0.25) is 0 Å². The fourth-order valence-electron chi connectivity index (χ4n) is 3.43. The van der Waals surface area contributed by atoms with Gasteiger partial charge in [-0.2, -0.15) is 0 Å². The molecule has 138 valence electrons. The van der Waals surface area contributed by atoms with E-state index in [9.17, 15) is 14.4 Å². The minimum absolute atomic E-state index is 0.0657. The van der Waals surface area contributed by atoms with Crippen LogP contribution in [0.25, 0.3) is 6.08 Å². The Labute approximate surface area is 165 Å². The van der Waals surface area contributed by atoms with Gasteiger partial charge in [0.15, 0.2) is 0 Å². The van der Waals surface area contributed by atoms with Crippen LogP contribution in [0.4, 0.5) is 4.79 Å². The van der Waals surface area contributed by atoms with Gasteiger partial charge < -0.3 is 5.32 Å². The standard InChI is InChI=1S/C20H18N2O3S2/c23-18(21-16-9-3-6-13-5-1-2-8-15(13)16)12-22-19(24)17(27-20(22)25)11-14-7-4-10-26-14/h1-2,4-5,7-8,10-11,16H,3,6,9,12H2,(H,21,23). The van der Waals surface area contributed by atoms with Crippen molar-refractivity contribution in [3.05, 3.63) is 62.7 Å². The zero-order valence-corrected chi connectivity index (χ0v) is 16.1. The summed E-state index contributed by atoms with van der Waals surface area (Å²) >= 11 is 2.38. The SMILES string of the molecule is O=C(CN1C(=O)SC(=Cc2cccs2)C1=O)NC1CCCc2ccccc21. The summed E-state index contributed by atoms with van der Waals surface area (Å²) in [5.74, 6) is -0.714. The minimum atomic E-state index is -0.405. The molecule has 1 aromatic heterocycles. The molecule has 2 aromatic rings. The van der Waals surface area contributed by atoms with Crippen LogP contribution in [0.5, 0.6) is 0 Å². The summed E-state index contributed by atoms with van der Waals surface area (Å²) in [5.41, 5.74) is 2.38. The van der Waals surface area contributed by atoms with Crippen molar-refractivity contribution in [2.24, 2.45) is 0 Å². The van der Waals surface area contributed by atoms with Gasteiger partial charge >= 0.3 is 0 Å². The molecule has 1 aliphatic carbocycles. The summed E-state index contributed by atoms with van der Waals surface area (Å²) in [7, 11) is 0. The highest BCUT2D eigenvalue weighted by molar-refractivity contribution is 8.18. The van der Waals surface area contributed by atoms with E-state index in [1.165, 1.54) is 16.9 Å². The van der Waals surface area contributed by atoms with Gasteiger partial charge in [-0.25, -0.2) is 0 Å². The molecular formula is C20H18N2O3S2. The normalized spacial score (nSPS) is 20.8. The first kappa shape index (κ1) is 18.0. The Morgan fingerprint density at radius 1 is 1.22 bits per heavy atom. The van der Waals surface area contributed by atoms with Gasteiger partial charge in [-0.3, -0.25) is 19.3 Å². The summed E-state index contributed by atoms with van der Waals surface area (Å²) in [4.78, 5) is 39.5. The lowest BCUT2D eigenvalue weighted by Gasteiger charge is -2.27. The Balaban J connectivity index is 1.43. The molecule has 0 radical (unpaired) electrons. The highest BCUT2D eigenvalue weighted by Crippen LogP contribution is 2.33. The van der Waals surface area contributed by atoms with E-state index < -0.39 is 11.1 Å². The van der Waals surface area contributed by atoms with Crippen LogP contribution >= 0.6 is 23.1 Å². The Hall–Kier alpha value is -2.38. The van der Waals surface area contributed by atoms with Crippen LogP contribution in [0.15, 0.2) is 46.7 Å². The predicted molar refractivity (Wildman–Crippen MR) is 107 cm³/mol. The number of carbonyl (C=O) groups is 3. The Bertz CT molecular complexity index is 921. The number of hydrogen-bond donors (Lipinski definition) is 1. The zero-order chi connectivity index (χ0) is 18.8. The molecule has 27 heavy (non-hydrogen) atoms. The maximum Gasteiger partial charge on any atom is 0.294 e. The second-order valence-electron chi connectivity index (χ2n) is 6.49. The van der Waals surface area contributed by atoms with Crippen molar-refractivity contribution in [3.8, 4) is 0 Å². The van der Waals surface area contributed by atoms with E-state index >= 15 is 0 Å². The molecule has 5 nitrogen and oxygen atoms in total. The van der Waals surface area contributed by atoms with Crippen molar-refractivity contribution >= 4 is 46.2 Å². The van der Waals surface area contributed by atoms with Gasteiger partial charge in [-0.15, -0.1) is 11.3 Å². The molecule has 2 aliphatic rings. The third-order valence-electron chi connectivity index (χ3n) is 4.70. The van der Waals surface area contributed by atoms with E-state index in [0.717, 1.165) is 46.4 Å². The molecule has 1 saturated heterocycles. The fourth-order valence-corrected chi connectivity index (χ4v) is 4.99. The van der Waals surface area contributed by atoms with Crippen molar-refractivity contribution in [2.75, 3.05) is 6.54 Å². The number of fused-ring (bicyclic) bond motifs is 1. The molecule has 1 N–H and O–H groups in total. The summed E-state index contributed by atoms with van der Waals surface area (Å²) in [5, 5.41) is 4.50. The summed E-state index contributed by atoms with van der Waals surface area (Å²) in [6.45, 7) is -0.245. The van der Waals surface area contributed by atoms with E-state index in [0.29, 0.717) is 4.91 Å². The number of nitrogens with one attached hydrogen (secondary N) is 1. The number of carbonyl (C=O) groups excluding carboxylic acids is 3. The molecule has 0 saturated carbocycles. The minimum Gasteiger partial charge on any atom is -0.348 e. The smallest absolute Gasteiger partial charge is 0.294 e. The van der Waals surface area contributed by atoms with Gasteiger partial charge in [0, 0.05) is 4.88 Å². The monoisotopic (exact) mass is 398 g/mol. The molecule has 0 bridgehead atoms. The molecule has 1 aromatic carbocycles. The lowest BCUT2D eigenvalue weighted by Crippen LogP contribution is -2.41. The number of hydrogen-bond acceptors (Lipinski definition) is 5. The van der Waals surface area contributed by atoms with Gasteiger partial charge in [-0.05, 0) is 59.7 Å². The first-order chi connectivity index (χ1) is 13.1. The quantitative estimate of drug-likeness (QED) is 0.791. The average molecular weight is 399 g/mol. The van der Waals surface area contributed by atoms with Crippen molar-refractivity contribution in [1.82, 2.24) is 10.2 Å². The predicted octanol–water partition coefficient (Wildman–Crippen LogP) is 3.98. The second-order valence-corrected chi connectivity index (χ2v) is 8.47. The third kappa shape index (κ3) is 3.84. The summed E-state index contributed by atoms with van der Waals surface area (Å²) < 4.78 is 0. The number of thioether (sulfide) groups is 1. The van der Waals surface area contributed by atoms with Crippen molar-refractivity contribution < 1.29 is 14.4 Å². The number of imide groups is 1. The molecule has 1 atom stereocenters. The highest BCUT2D eigenvalue weighted by atomic mass is 32.2. The molecule has 0 spiro atoms. The Morgan fingerprint density at radius 3 is 2.89 bits per heavy atom. The van der Waals surface area contributed by atoms with Gasteiger partial charge in [0.1, 0.15) is 6.54 Å². The molecule has 1 unspecified atom stereocenters. The summed E-state index contributed by atoms with van der Waals surface area (Å²) in [6.07, 6.45) is 4.58. The maximum absolute atomic E-state index is 12.5.